The van der Waals surface area contributed by atoms with Gasteiger partial charge in [-0.25, -0.2) is 0 Å². The number of benzene rings is 1. The smallest absolute Gasteiger partial charge is 0.191 e. The standard InChI is InChI=1S/C19H34N4O/c1-16(2)8-7-11-21-19(20-3)22-15-17-9-6-10-18(14-17)24-13-12-23(4)5/h6,9-10,14,16H,7-8,11-13,15H2,1-5H3,(H2,20,21,22). The first-order valence-electron chi connectivity index (χ1n) is 8.82. The van der Waals surface area contributed by atoms with Crippen LogP contribution in [0.25, 0.3) is 0 Å². The van der Waals surface area contributed by atoms with Gasteiger partial charge < -0.3 is 20.3 Å². The molecule has 0 aliphatic carbocycles. The molecule has 5 heteroatoms. The van der Waals surface area contributed by atoms with Crippen LogP contribution in [0.2, 0.25) is 0 Å². The summed E-state index contributed by atoms with van der Waals surface area (Å²) >= 11 is 0. The van der Waals surface area contributed by atoms with E-state index in [1.54, 1.807) is 7.05 Å². The SMILES string of the molecule is CN=C(NCCCC(C)C)NCc1cccc(OCCN(C)C)c1. The Labute approximate surface area is 147 Å². The molecule has 0 unspecified atom stereocenters. The van der Waals surface area contributed by atoms with Crippen molar-refractivity contribution in [1.29, 1.82) is 0 Å². The van der Waals surface area contributed by atoms with Crippen LogP contribution in [0, 0.1) is 5.92 Å². The van der Waals surface area contributed by atoms with Crippen molar-refractivity contribution in [3.8, 4) is 5.75 Å². The van der Waals surface area contributed by atoms with E-state index < -0.39 is 0 Å². The molecule has 0 atom stereocenters. The summed E-state index contributed by atoms with van der Waals surface area (Å²) in [7, 11) is 5.89. The number of aliphatic imine (C=N–C) groups is 1. The topological polar surface area (TPSA) is 48.9 Å². The monoisotopic (exact) mass is 334 g/mol. The van der Waals surface area contributed by atoms with Gasteiger partial charge in [0.1, 0.15) is 12.4 Å². The van der Waals surface area contributed by atoms with E-state index in [0.29, 0.717) is 6.61 Å². The fourth-order valence-corrected chi connectivity index (χ4v) is 2.21. The van der Waals surface area contributed by atoms with Gasteiger partial charge in [-0.15, -0.1) is 0 Å². The molecule has 5 nitrogen and oxygen atoms in total. The highest BCUT2D eigenvalue weighted by atomic mass is 16.5. The van der Waals surface area contributed by atoms with Gasteiger partial charge >= 0.3 is 0 Å². The van der Waals surface area contributed by atoms with Crippen LogP contribution in [0.3, 0.4) is 0 Å². The molecule has 0 fully saturated rings. The Kier molecular flexibility index (Phi) is 9.92. The number of ether oxygens (including phenoxy) is 1. The molecule has 1 aromatic carbocycles. The largest absolute Gasteiger partial charge is 0.492 e. The molecule has 136 valence electrons. The molecule has 0 amide bonds. The lowest BCUT2D eigenvalue weighted by Gasteiger charge is -2.14. The van der Waals surface area contributed by atoms with Gasteiger partial charge in [0.05, 0.1) is 0 Å². The van der Waals surface area contributed by atoms with Crippen molar-refractivity contribution in [3.63, 3.8) is 0 Å². The number of hydrogen-bond acceptors (Lipinski definition) is 3. The Hall–Kier alpha value is -1.75. The summed E-state index contributed by atoms with van der Waals surface area (Å²) in [6.45, 7) is 7.79. The summed E-state index contributed by atoms with van der Waals surface area (Å²) < 4.78 is 5.78. The van der Waals surface area contributed by atoms with E-state index in [1.807, 2.05) is 26.2 Å². The normalized spacial score (nSPS) is 11.9. The Morgan fingerprint density at radius 1 is 1.25 bits per heavy atom. The second-order valence-corrected chi connectivity index (χ2v) is 6.69. The zero-order chi connectivity index (χ0) is 17.8. The molecule has 0 aliphatic rings. The fourth-order valence-electron chi connectivity index (χ4n) is 2.21. The van der Waals surface area contributed by atoms with Crippen LogP contribution in [0.15, 0.2) is 29.3 Å². The van der Waals surface area contributed by atoms with Gasteiger partial charge in [0.2, 0.25) is 0 Å². The molecule has 0 heterocycles. The first kappa shape index (κ1) is 20.3. The van der Waals surface area contributed by atoms with Gasteiger partial charge in [0.25, 0.3) is 0 Å². The fraction of sp³-hybridized carbons (Fsp3) is 0.632. The number of nitrogens with one attached hydrogen (secondary N) is 2. The van der Waals surface area contributed by atoms with Crippen LogP contribution >= 0.6 is 0 Å². The van der Waals surface area contributed by atoms with E-state index >= 15 is 0 Å². The van der Waals surface area contributed by atoms with Gasteiger partial charge in [-0.1, -0.05) is 26.0 Å². The highest BCUT2D eigenvalue weighted by Crippen LogP contribution is 2.13. The second kappa shape index (κ2) is 11.7. The van der Waals surface area contributed by atoms with E-state index in [9.17, 15) is 0 Å². The van der Waals surface area contributed by atoms with Gasteiger partial charge in [-0.2, -0.15) is 0 Å². The molecular formula is C19H34N4O. The first-order chi connectivity index (χ1) is 11.5. The Morgan fingerprint density at radius 3 is 2.71 bits per heavy atom. The average molecular weight is 335 g/mol. The Morgan fingerprint density at radius 2 is 2.04 bits per heavy atom. The van der Waals surface area contributed by atoms with Gasteiger partial charge in [0, 0.05) is 26.7 Å². The number of rotatable bonds is 10. The molecule has 0 saturated heterocycles. The van der Waals surface area contributed by atoms with E-state index in [4.69, 9.17) is 4.74 Å². The van der Waals surface area contributed by atoms with Crippen LogP contribution in [0.5, 0.6) is 5.75 Å². The van der Waals surface area contributed by atoms with Crippen molar-refractivity contribution in [2.24, 2.45) is 10.9 Å². The van der Waals surface area contributed by atoms with Gasteiger partial charge in [-0.05, 0) is 50.6 Å². The molecule has 1 rings (SSSR count). The van der Waals surface area contributed by atoms with Gasteiger partial charge in [0.15, 0.2) is 5.96 Å². The number of hydrogen-bond donors (Lipinski definition) is 2. The minimum Gasteiger partial charge on any atom is -0.492 e. The maximum Gasteiger partial charge on any atom is 0.191 e. The summed E-state index contributed by atoms with van der Waals surface area (Å²) in [5, 5.41) is 6.71. The lowest BCUT2D eigenvalue weighted by molar-refractivity contribution is 0.261. The highest BCUT2D eigenvalue weighted by molar-refractivity contribution is 5.79. The predicted molar refractivity (Wildman–Crippen MR) is 103 cm³/mol. The number of likely N-dealkylation sites (N-methyl/N-ethyl adjacent to an activating group) is 1. The summed E-state index contributed by atoms with van der Waals surface area (Å²) in [5.74, 6) is 2.51. The lowest BCUT2D eigenvalue weighted by Crippen LogP contribution is -2.37. The maximum atomic E-state index is 5.78. The van der Waals surface area contributed by atoms with Crippen molar-refractivity contribution < 1.29 is 4.74 Å². The molecule has 0 aliphatic heterocycles. The number of guanidine groups is 1. The zero-order valence-corrected chi connectivity index (χ0v) is 15.9. The summed E-state index contributed by atoms with van der Waals surface area (Å²) in [6, 6.07) is 8.20. The third-order valence-electron chi connectivity index (χ3n) is 3.64. The van der Waals surface area contributed by atoms with Crippen LogP contribution in [0.1, 0.15) is 32.3 Å². The first-order valence-corrected chi connectivity index (χ1v) is 8.82. The van der Waals surface area contributed by atoms with Crippen molar-refractivity contribution in [1.82, 2.24) is 15.5 Å². The molecule has 0 aromatic heterocycles. The molecule has 0 radical (unpaired) electrons. The Balaban J connectivity index is 2.36. The molecular weight excluding hydrogens is 300 g/mol. The minimum atomic E-state index is 0.697. The third-order valence-corrected chi connectivity index (χ3v) is 3.64. The lowest BCUT2D eigenvalue weighted by atomic mass is 10.1. The van der Waals surface area contributed by atoms with E-state index in [0.717, 1.165) is 43.7 Å². The van der Waals surface area contributed by atoms with Crippen LogP contribution in [-0.4, -0.2) is 51.7 Å². The van der Waals surface area contributed by atoms with Crippen molar-refractivity contribution in [2.75, 3.05) is 40.8 Å². The second-order valence-electron chi connectivity index (χ2n) is 6.69. The molecule has 0 saturated carbocycles. The Bertz CT molecular complexity index is 486. The molecule has 24 heavy (non-hydrogen) atoms. The van der Waals surface area contributed by atoms with Gasteiger partial charge in [-0.3, -0.25) is 4.99 Å². The summed E-state index contributed by atoms with van der Waals surface area (Å²) in [6.07, 6.45) is 2.39. The minimum absolute atomic E-state index is 0.697. The quantitative estimate of drug-likeness (QED) is 0.392. The third kappa shape index (κ3) is 9.40. The van der Waals surface area contributed by atoms with Crippen LogP contribution < -0.4 is 15.4 Å². The van der Waals surface area contributed by atoms with Crippen molar-refractivity contribution in [3.05, 3.63) is 29.8 Å². The molecule has 0 spiro atoms. The maximum absolute atomic E-state index is 5.78. The van der Waals surface area contributed by atoms with E-state index in [-0.39, 0.29) is 0 Å². The predicted octanol–water partition coefficient (Wildman–Crippen LogP) is 2.73. The van der Waals surface area contributed by atoms with E-state index in [1.165, 1.54) is 12.0 Å². The molecule has 1 aromatic rings. The number of nitrogens with zero attached hydrogens (tertiary/aromatic N) is 2. The van der Waals surface area contributed by atoms with Crippen molar-refractivity contribution >= 4 is 5.96 Å². The highest BCUT2D eigenvalue weighted by Gasteiger charge is 2.01. The van der Waals surface area contributed by atoms with Crippen LogP contribution in [0.4, 0.5) is 0 Å². The van der Waals surface area contributed by atoms with E-state index in [2.05, 4.69) is 46.5 Å². The molecule has 2 N–H and O–H groups in total. The van der Waals surface area contributed by atoms with Crippen LogP contribution in [-0.2, 0) is 6.54 Å². The molecule has 0 bridgehead atoms. The average Bonchev–Trinajstić information content (AvgIpc) is 2.54. The zero-order valence-electron chi connectivity index (χ0n) is 15.9. The summed E-state index contributed by atoms with van der Waals surface area (Å²) in [5.41, 5.74) is 1.18. The van der Waals surface area contributed by atoms with Crippen molar-refractivity contribution in [2.45, 2.75) is 33.2 Å². The summed E-state index contributed by atoms with van der Waals surface area (Å²) in [4.78, 5) is 6.38.